The van der Waals surface area contributed by atoms with Crippen molar-refractivity contribution in [3.8, 4) is 16.9 Å². The van der Waals surface area contributed by atoms with E-state index in [1.807, 2.05) is 52.0 Å². The fourth-order valence-corrected chi connectivity index (χ4v) is 5.02. The normalized spacial score (nSPS) is 17.5. The van der Waals surface area contributed by atoms with Crippen molar-refractivity contribution < 1.29 is 32.4 Å². The summed E-state index contributed by atoms with van der Waals surface area (Å²) < 4.78 is 48.2. The first-order valence-electron chi connectivity index (χ1n) is 13.2. The van der Waals surface area contributed by atoms with Crippen LogP contribution in [0.2, 0.25) is 0 Å². The lowest BCUT2D eigenvalue weighted by Crippen LogP contribution is -2.41. The van der Waals surface area contributed by atoms with Crippen molar-refractivity contribution >= 4 is 19.3 Å². The van der Waals surface area contributed by atoms with Gasteiger partial charge in [-0.05, 0) is 73.1 Å². The van der Waals surface area contributed by atoms with Gasteiger partial charge < -0.3 is 24.1 Å². The number of fused-ring (bicyclic) bond motifs is 3. The first-order valence-corrected chi connectivity index (χ1v) is 13.2. The molecule has 1 heterocycles. The molecule has 3 aromatic carbocycles. The van der Waals surface area contributed by atoms with Crippen LogP contribution >= 0.6 is 0 Å². The van der Waals surface area contributed by atoms with E-state index >= 15 is 0 Å². The van der Waals surface area contributed by atoms with Gasteiger partial charge in [-0.2, -0.15) is 8.78 Å². The minimum atomic E-state index is -2.93. The van der Waals surface area contributed by atoms with Gasteiger partial charge in [-0.25, -0.2) is 4.79 Å². The predicted molar refractivity (Wildman–Crippen MR) is 150 cm³/mol. The molecule has 9 heteroatoms. The van der Waals surface area contributed by atoms with Crippen LogP contribution in [-0.4, -0.2) is 44.2 Å². The summed E-state index contributed by atoms with van der Waals surface area (Å²) in [6, 6.07) is 22.6. The maximum absolute atomic E-state index is 12.9. The van der Waals surface area contributed by atoms with Crippen LogP contribution in [0.5, 0.6) is 5.75 Å². The lowest BCUT2D eigenvalue weighted by molar-refractivity contribution is -0.0498. The lowest BCUT2D eigenvalue weighted by atomic mass is 9.77. The Morgan fingerprint density at radius 3 is 2.15 bits per heavy atom. The zero-order valence-corrected chi connectivity index (χ0v) is 22.9. The van der Waals surface area contributed by atoms with Crippen molar-refractivity contribution in [2.24, 2.45) is 0 Å². The number of nitrogens with one attached hydrogen (secondary N) is 1. The number of amides is 1. The Kier molecular flexibility index (Phi) is 7.71. The largest absolute Gasteiger partial charge is 0.492 e. The molecule has 0 spiro atoms. The third kappa shape index (κ3) is 5.76. The number of ether oxygens (including phenoxy) is 2. The van der Waals surface area contributed by atoms with E-state index in [1.165, 1.54) is 12.1 Å². The number of alkyl halides is 2. The maximum Gasteiger partial charge on any atom is 0.492 e. The average Bonchev–Trinajstić information content (AvgIpc) is 3.34. The highest BCUT2D eigenvalue weighted by Crippen LogP contribution is 2.44. The number of alkyl carbamates (subject to hydrolysis) is 1. The summed E-state index contributed by atoms with van der Waals surface area (Å²) in [7, 11) is -0.765. The molecule has 208 valence electrons. The van der Waals surface area contributed by atoms with Gasteiger partial charge in [0.2, 0.25) is 0 Å². The molecule has 1 fully saturated rings. The SMILES string of the molecule is CC1(C)OB(C(=Cc2cccc(OC(F)F)c2)CNC(=O)OCC2c3ccccc3-c3ccccc32)OC1(C)C. The zero-order chi connectivity index (χ0) is 28.5. The summed E-state index contributed by atoms with van der Waals surface area (Å²) in [5, 5.41) is 2.81. The molecule has 5 rings (SSSR count). The third-order valence-corrected chi connectivity index (χ3v) is 7.77. The first-order chi connectivity index (χ1) is 19.0. The molecule has 40 heavy (non-hydrogen) atoms. The minimum Gasteiger partial charge on any atom is -0.449 e. The molecular weight excluding hydrogens is 515 g/mol. The summed E-state index contributed by atoms with van der Waals surface area (Å²) in [5.41, 5.74) is 4.52. The molecule has 1 aliphatic carbocycles. The second kappa shape index (κ2) is 11.1. The van der Waals surface area contributed by atoms with Gasteiger partial charge in [0.15, 0.2) is 0 Å². The van der Waals surface area contributed by atoms with Crippen molar-refractivity contribution in [3.05, 3.63) is 95.0 Å². The maximum atomic E-state index is 12.9. The van der Waals surface area contributed by atoms with Gasteiger partial charge in [0.25, 0.3) is 0 Å². The van der Waals surface area contributed by atoms with E-state index in [0.717, 1.165) is 22.3 Å². The molecule has 0 radical (unpaired) electrons. The van der Waals surface area contributed by atoms with Crippen molar-refractivity contribution in [1.29, 1.82) is 0 Å². The van der Waals surface area contributed by atoms with Crippen molar-refractivity contribution in [2.75, 3.05) is 13.2 Å². The van der Waals surface area contributed by atoms with Gasteiger partial charge >= 0.3 is 19.8 Å². The van der Waals surface area contributed by atoms with Crippen LogP contribution in [0.15, 0.2) is 78.3 Å². The average molecular weight is 547 g/mol. The van der Waals surface area contributed by atoms with Crippen LogP contribution in [0.25, 0.3) is 17.2 Å². The number of benzene rings is 3. The smallest absolute Gasteiger partial charge is 0.449 e. The third-order valence-electron chi connectivity index (χ3n) is 7.77. The Morgan fingerprint density at radius 2 is 1.55 bits per heavy atom. The molecule has 6 nitrogen and oxygen atoms in total. The number of hydrogen-bond donors (Lipinski definition) is 1. The van der Waals surface area contributed by atoms with E-state index in [1.54, 1.807) is 18.2 Å². The predicted octanol–water partition coefficient (Wildman–Crippen LogP) is 6.84. The van der Waals surface area contributed by atoms with Crippen LogP contribution in [0.1, 0.15) is 50.3 Å². The van der Waals surface area contributed by atoms with Gasteiger partial charge in [-0.15, -0.1) is 0 Å². The Labute approximate surface area is 233 Å². The Hall–Kier alpha value is -3.69. The van der Waals surface area contributed by atoms with E-state index in [-0.39, 0.29) is 24.8 Å². The van der Waals surface area contributed by atoms with Gasteiger partial charge in [0, 0.05) is 12.5 Å². The molecule has 0 aromatic heterocycles. The molecule has 1 amide bonds. The van der Waals surface area contributed by atoms with Gasteiger partial charge in [-0.1, -0.05) is 66.7 Å². The Morgan fingerprint density at radius 1 is 0.950 bits per heavy atom. The monoisotopic (exact) mass is 547 g/mol. The highest BCUT2D eigenvalue weighted by Gasteiger charge is 2.52. The van der Waals surface area contributed by atoms with Crippen LogP contribution in [-0.2, 0) is 14.0 Å². The van der Waals surface area contributed by atoms with E-state index in [2.05, 4.69) is 34.3 Å². The number of hydrogen-bond acceptors (Lipinski definition) is 5. The quantitative estimate of drug-likeness (QED) is 0.313. The molecule has 0 saturated carbocycles. The van der Waals surface area contributed by atoms with Crippen molar-refractivity contribution in [2.45, 2.75) is 51.4 Å². The minimum absolute atomic E-state index is 0.0292. The first kappa shape index (κ1) is 27.9. The highest BCUT2D eigenvalue weighted by molar-refractivity contribution is 6.56. The molecule has 1 aliphatic heterocycles. The summed E-state index contributed by atoms with van der Waals surface area (Å²) in [6.45, 7) is 5.04. The van der Waals surface area contributed by atoms with Crippen LogP contribution in [0, 0.1) is 0 Å². The second-order valence-corrected chi connectivity index (χ2v) is 10.9. The molecule has 1 N–H and O–H groups in total. The highest BCUT2D eigenvalue weighted by atomic mass is 19.3. The summed E-state index contributed by atoms with van der Waals surface area (Å²) >= 11 is 0. The fraction of sp³-hybridized carbons (Fsp3) is 0.323. The fourth-order valence-electron chi connectivity index (χ4n) is 5.02. The van der Waals surface area contributed by atoms with Gasteiger partial charge in [-0.3, -0.25) is 0 Å². The molecule has 3 aromatic rings. The topological polar surface area (TPSA) is 66.0 Å². The van der Waals surface area contributed by atoms with Crippen molar-refractivity contribution in [3.63, 3.8) is 0 Å². The summed E-state index contributed by atoms with van der Waals surface area (Å²) in [5.74, 6) is -0.0321. The summed E-state index contributed by atoms with van der Waals surface area (Å²) in [6.07, 6.45) is 1.16. The summed E-state index contributed by atoms with van der Waals surface area (Å²) in [4.78, 5) is 12.9. The number of rotatable bonds is 8. The van der Waals surface area contributed by atoms with E-state index < -0.39 is 31.0 Å². The van der Waals surface area contributed by atoms with Crippen LogP contribution in [0.3, 0.4) is 0 Å². The van der Waals surface area contributed by atoms with E-state index in [0.29, 0.717) is 11.0 Å². The number of halogens is 2. The zero-order valence-electron chi connectivity index (χ0n) is 22.9. The molecule has 0 unspecified atom stereocenters. The molecule has 2 aliphatic rings. The standard InChI is InChI=1S/C31H32BF2NO5/c1-30(2)31(3,4)40-32(39-30)21(16-20-10-9-11-22(17-20)38-28(33)34)18-35-29(36)37-19-27-25-14-7-5-12-23(25)24-13-6-8-15-26(24)27/h5-17,27-28H,18-19H2,1-4H3,(H,35,36). The van der Waals surface area contributed by atoms with E-state index in [4.69, 9.17) is 14.0 Å². The molecule has 1 saturated heterocycles. The molecule has 0 bridgehead atoms. The molecule has 0 atom stereocenters. The van der Waals surface area contributed by atoms with Crippen LogP contribution in [0.4, 0.5) is 13.6 Å². The Bertz CT molecular complexity index is 1360. The van der Waals surface area contributed by atoms with Gasteiger partial charge in [0.1, 0.15) is 12.4 Å². The molecular formula is C31H32BF2NO5. The van der Waals surface area contributed by atoms with E-state index in [9.17, 15) is 13.6 Å². The van der Waals surface area contributed by atoms with Crippen molar-refractivity contribution in [1.82, 2.24) is 5.32 Å². The number of carbonyl (C=O) groups is 1. The number of carbonyl (C=O) groups excluding carboxylic acids is 1. The van der Waals surface area contributed by atoms with Gasteiger partial charge in [0.05, 0.1) is 11.2 Å². The Balaban J connectivity index is 1.30. The second-order valence-electron chi connectivity index (χ2n) is 10.9. The lowest BCUT2D eigenvalue weighted by Gasteiger charge is -2.32. The van der Waals surface area contributed by atoms with Crippen LogP contribution < -0.4 is 10.1 Å².